The minimum atomic E-state index is -1.16. The number of carbonyl (C=O) groups is 1. The summed E-state index contributed by atoms with van der Waals surface area (Å²) >= 11 is 5.51. The summed E-state index contributed by atoms with van der Waals surface area (Å²) in [6.07, 6.45) is -1.64. The molecule has 1 aromatic carbocycles. The van der Waals surface area contributed by atoms with E-state index in [0.717, 1.165) is 5.56 Å². The average molecular weight is 374 g/mol. The van der Waals surface area contributed by atoms with Gasteiger partial charge in [0.2, 0.25) is 0 Å². The summed E-state index contributed by atoms with van der Waals surface area (Å²) in [5, 5.41) is 20.5. The fourth-order valence-corrected chi connectivity index (χ4v) is 2.55. The van der Waals surface area contributed by atoms with Crippen LogP contribution >= 0.6 is 11.6 Å². The van der Waals surface area contributed by atoms with Crippen LogP contribution in [-0.4, -0.2) is 45.5 Å². The molecule has 0 bridgehead atoms. The molecule has 25 heavy (non-hydrogen) atoms. The normalized spacial score (nSPS) is 14.1. The van der Waals surface area contributed by atoms with Crippen LogP contribution in [0.1, 0.15) is 47.1 Å². The largest absolute Gasteiger partial charge is 0.465 e. The Hall–Kier alpha value is -1.30. The number of hydrogen-bond acceptors (Lipinski definition) is 3. The van der Waals surface area contributed by atoms with Crippen LogP contribution in [0.2, 0.25) is 0 Å². The topological polar surface area (TPSA) is 78.8 Å². The minimum absolute atomic E-state index is 0.00220. The lowest BCUT2D eigenvalue weighted by Crippen LogP contribution is -2.45. The van der Waals surface area contributed by atoms with Crippen LogP contribution in [0, 0.1) is 0 Å². The van der Waals surface area contributed by atoms with Gasteiger partial charge in [-0.05, 0) is 53.5 Å². The highest BCUT2D eigenvalue weighted by Gasteiger charge is 2.21. The number of carboxylic acid groups (broad SMARTS) is 1. The molecule has 0 heterocycles. The first-order valence-electron chi connectivity index (χ1n) is 8.31. The molecule has 1 aromatic rings. The third-order valence-corrected chi connectivity index (χ3v) is 3.16. The number of amides is 1. The van der Waals surface area contributed by atoms with E-state index in [4.69, 9.17) is 21.4 Å². The van der Waals surface area contributed by atoms with Crippen molar-refractivity contribution < 1.29 is 19.7 Å². The van der Waals surface area contributed by atoms with Gasteiger partial charge in [-0.3, -0.25) is 0 Å². The lowest BCUT2D eigenvalue weighted by atomic mass is 10.0. The molecule has 1 rings (SSSR count). The molecular weight excluding hydrogens is 342 g/mol. The Labute approximate surface area is 156 Å². The maximum Gasteiger partial charge on any atom is 0.404 e. The Balaban J connectivity index is 0.000000547. The van der Waals surface area contributed by atoms with Crippen LogP contribution < -0.4 is 5.32 Å². The first-order chi connectivity index (χ1) is 11.3. The van der Waals surface area contributed by atoms with Crippen molar-refractivity contribution in [3.8, 4) is 0 Å². The number of ether oxygens (including phenoxy) is 1. The van der Waals surface area contributed by atoms with Crippen LogP contribution in [0.3, 0.4) is 0 Å². The lowest BCUT2D eigenvalue weighted by molar-refractivity contribution is -0.102. The molecule has 6 heteroatoms. The molecule has 0 unspecified atom stereocenters. The SMILES string of the molecule is CC(C)(C)OC(C)(C)C.O=C(O)N[C@@H](Cc1ccccc1)[C@H](O)CCl. The predicted molar refractivity (Wildman–Crippen MR) is 102 cm³/mol. The van der Waals surface area contributed by atoms with Gasteiger partial charge in [0, 0.05) is 0 Å². The molecule has 0 saturated carbocycles. The number of aliphatic hydroxyl groups excluding tert-OH is 1. The third-order valence-electron chi connectivity index (χ3n) is 2.84. The standard InChI is InChI=1S/C11H14ClNO3.C8H18O/c12-7-10(14)9(13-11(15)16)6-8-4-2-1-3-5-8;1-7(2,3)9-8(4,5)6/h1-5,9-10,13-14H,6-7H2,(H,15,16);1-6H3/t9-,10+;/m0./s1. The Morgan fingerprint density at radius 1 is 1.12 bits per heavy atom. The van der Waals surface area contributed by atoms with Gasteiger partial charge >= 0.3 is 6.09 Å². The molecule has 0 radical (unpaired) electrons. The zero-order chi connectivity index (χ0) is 19.7. The maximum atomic E-state index is 10.6. The molecule has 3 N–H and O–H groups in total. The van der Waals surface area contributed by atoms with Crippen LogP contribution in [0.25, 0.3) is 0 Å². The van der Waals surface area contributed by atoms with Crippen LogP contribution in [0.5, 0.6) is 0 Å². The summed E-state index contributed by atoms with van der Waals surface area (Å²) in [6, 6.07) is 8.76. The number of hydrogen-bond donors (Lipinski definition) is 3. The van der Waals surface area contributed by atoms with Crippen molar-refractivity contribution in [2.75, 3.05) is 5.88 Å². The highest BCUT2D eigenvalue weighted by Crippen LogP contribution is 2.18. The average Bonchev–Trinajstić information content (AvgIpc) is 2.43. The predicted octanol–water partition coefficient (Wildman–Crippen LogP) is 4.07. The van der Waals surface area contributed by atoms with E-state index < -0.39 is 18.2 Å². The van der Waals surface area contributed by atoms with Crippen molar-refractivity contribution in [3.05, 3.63) is 35.9 Å². The van der Waals surface area contributed by atoms with Crippen molar-refractivity contribution in [1.29, 1.82) is 0 Å². The summed E-state index contributed by atoms with van der Waals surface area (Å²) in [5.41, 5.74) is 0.918. The van der Waals surface area contributed by atoms with Crippen molar-refractivity contribution in [1.82, 2.24) is 5.32 Å². The molecule has 0 fully saturated rings. The van der Waals surface area contributed by atoms with E-state index in [9.17, 15) is 9.90 Å². The van der Waals surface area contributed by atoms with Crippen molar-refractivity contribution in [2.24, 2.45) is 0 Å². The molecular formula is C19H32ClNO4. The Bertz CT molecular complexity index is 482. The number of aliphatic hydroxyl groups is 1. The lowest BCUT2D eigenvalue weighted by Gasteiger charge is -2.30. The summed E-state index contributed by atoms with van der Waals surface area (Å²) in [6.45, 7) is 12.4. The first kappa shape index (κ1) is 23.7. The van der Waals surface area contributed by atoms with Gasteiger partial charge in [0.25, 0.3) is 0 Å². The van der Waals surface area contributed by atoms with E-state index in [-0.39, 0.29) is 17.1 Å². The molecule has 144 valence electrons. The molecule has 5 nitrogen and oxygen atoms in total. The van der Waals surface area contributed by atoms with Gasteiger partial charge in [0.05, 0.1) is 29.2 Å². The maximum absolute atomic E-state index is 10.6. The van der Waals surface area contributed by atoms with E-state index >= 15 is 0 Å². The van der Waals surface area contributed by atoms with Gasteiger partial charge < -0.3 is 20.3 Å². The van der Waals surface area contributed by atoms with Crippen LogP contribution in [0.4, 0.5) is 4.79 Å². The Morgan fingerprint density at radius 3 is 1.92 bits per heavy atom. The van der Waals surface area contributed by atoms with Crippen LogP contribution in [-0.2, 0) is 11.2 Å². The second-order valence-electron chi connectivity index (χ2n) is 7.79. The zero-order valence-electron chi connectivity index (χ0n) is 16.0. The van der Waals surface area contributed by atoms with E-state index in [1.54, 1.807) is 0 Å². The van der Waals surface area contributed by atoms with Gasteiger partial charge in [-0.15, -0.1) is 11.6 Å². The smallest absolute Gasteiger partial charge is 0.404 e. The third kappa shape index (κ3) is 13.6. The number of rotatable bonds is 5. The molecule has 1 amide bonds. The number of nitrogens with one attached hydrogen (secondary N) is 1. The van der Waals surface area contributed by atoms with Gasteiger partial charge in [-0.25, -0.2) is 4.79 Å². The first-order valence-corrected chi connectivity index (χ1v) is 8.85. The molecule has 0 spiro atoms. The van der Waals surface area contributed by atoms with Gasteiger partial charge in [-0.2, -0.15) is 0 Å². The second kappa shape index (κ2) is 10.6. The van der Waals surface area contributed by atoms with Gasteiger partial charge in [-0.1, -0.05) is 30.3 Å². The molecule has 2 atom stereocenters. The number of halogens is 1. The molecule has 0 aliphatic rings. The fraction of sp³-hybridized carbons (Fsp3) is 0.632. The highest BCUT2D eigenvalue weighted by atomic mass is 35.5. The summed E-state index contributed by atoms with van der Waals surface area (Å²) in [5.74, 6) is -0.00220. The zero-order valence-corrected chi connectivity index (χ0v) is 16.8. The van der Waals surface area contributed by atoms with Crippen molar-refractivity contribution >= 4 is 17.7 Å². The molecule has 0 aromatic heterocycles. The van der Waals surface area contributed by atoms with Crippen molar-refractivity contribution in [2.45, 2.75) is 71.3 Å². The quantitative estimate of drug-likeness (QED) is 0.680. The monoisotopic (exact) mass is 373 g/mol. The molecule has 0 aliphatic heterocycles. The fourth-order valence-electron chi connectivity index (χ4n) is 2.34. The highest BCUT2D eigenvalue weighted by molar-refractivity contribution is 6.18. The van der Waals surface area contributed by atoms with Gasteiger partial charge in [0.15, 0.2) is 0 Å². The Kier molecular flexibility index (Phi) is 10.1. The molecule has 0 saturated heterocycles. The van der Waals surface area contributed by atoms with Crippen molar-refractivity contribution in [3.63, 3.8) is 0 Å². The van der Waals surface area contributed by atoms with E-state index in [1.807, 2.05) is 30.3 Å². The minimum Gasteiger partial charge on any atom is -0.465 e. The summed E-state index contributed by atoms with van der Waals surface area (Å²) < 4.78 is 5.62. The van der Waals surface area contributed by atoms with Crippen LogP contribution in [0.15, 0.2) is 30.3 Å². The van der Waals surface area contributed by atoms with E-state index in [2.05, 4.69) is 46.9 Å². The van der Waals surface area contributed by atoms with E-state index in [1.165, 1.54) is 0 Å². The number of alkyl halides is 1. The summed E-state index contributed by atoms with van der Waals surface area (Å²) in [4.78, 5) is 10.6. The second-order valence-corrected chi connectivity index (χ2v) is 8.10. The number of benzene rings is 1. The Morgan fingerprint density at radius 2 is 1.60 bits per heavy atom. The van der Waals surface area contributed by atoms with E-state index in [0.29, 0.717) is 6.42 Å². The molecule has 0 aliphatic carbocycles. The van der Waals surface area contributed by atoms with Gasteiger partial charge in [0.1, 0.15) is 0 Å². The summed E-state index contributed by atoms with van der Waals surface area (Å²) in [7, 11) is 0.